The third-order valence-corrected chi connectivity index (χ3v) is 20.4. The van der Waals surface area contributed by atoms with E-state index in [9.17, 15) is 43.2 Å². The monoisotopic (exact) mass is 1410 g/mol. The van der Waals surface area contributed by atoms with Crippen LogP contribution in [0.25, 0.3) is 0 Å². The van der Waals surface area contributed by atoms with E-state index in [0.717, 1.165) is 114 Å². The van der Waals surface area contributed by atoms with E-state index >= 15 is 0 Å². The summed E-state index contributed by atoms with van der Waals surface area (Å²) in [6.45, 7) is 14.2. The number of aliphatic hydroxyl groups is 1. The number of phosphoric ester groups is 2. The Balaban J connectivity index is 5.16. The smallest absolute Gasteiger partial charge is 0.462 e. The first-order valence-corrected chi connectivity index (χ1v) is 42.8. The van der Waals surface area contributed by atoms with Crippen molar-refractivity contribution in [1.82, 2.24) is 0 Å². The van der Waals surface area contributed by atoms with Crippen LogP contribution in [0.4, 0.5) is 0 Å². The van der Waals surface area contributed by atoms with Gasteiger partial charge in [-0.2, -0.15) is 0 Å². The second-order valence-corrected chi connectivity index (χ2v) is 32.1. The van der Waals surface area contributed by atoms with Crippen molar-refractivity contribution in [1.29, 1.82) is 0 Å². The summed E-state index contributed by atoms with van der Waals surface area (Å²) in [7, 11) is -9.91. The van der Waals surface area contributed by atoms with Crippen LogP contribution in [-0.2, 0) is 65.4 Å². The van der Waals surface area contributed by atoms with Gasteiger partial charge in [0.05, 0.1) is 26.4 Å². The van der Waals surface area contributed by atoms with Crippen LogP contribution in [0.15, 0.2) is 0 Å². The molecule has 0 radical (unpaired) electrons. The van der Waals surface area contributed by atoms with Gasteiger partial charge in [0, 0.05) is 25.7 Å². The Morgan fingerprint density at radius 1 is 0.292 bits per heavy atom. The standard InChI is InChI=1S/C77H150O17P2/c1-9-69(7)55-47-39-31-23-19-17-15-13-11-12-14-16-18-20-24-33-41-49-57-74(79)87-63-72(94-77(82)60-52-44-35-27-26-32-40-48-56-70(8)10-2)65-91-95(83,84)89-61-71(78)62-90-96(85,86)92-66-73(64-88-75(80)58-50-42-36-28-30-38-46-54-68(5)6)93-76(81)59-51-43-34-25-21-22-29-37-45-53-67(3)4/h67-73,78H,9-66H2,1-8H3,(H,83,84)(H,85,86)/t69?,70?,71?,72-,73-/m1/s1. The minimum atomic E-state index is -4.96. The van der Waals surface area contributed by atoms with E-state index < -0.39 is 97.5 Å². The highest BCUT2D eigenvalue weighted by Crippen LogP contribution is 2.45. The summed E-state index contributed by atoms with van der Waals surface area (Å²) in [5, 5.41) is 10.6. The van der Waals surface area contributed by atoms with Crippen molar-refractivity contribution in [2.24, 2.45) is 23.7 Å². The highest BCUT2D eigenvalue weighted by atomic mass is 31.2. The average Bonchev–Trinajstić information content (AvgIpc) is 1.62. The predicted octanol–water partition coefficient (Wildman–Crippen LogP) is 22.4. The molecule has 3 N–H and O–H groups in total. The molecule has 0 aromatic heterocycles. The fourth-order valence-electron chi connectivity index (χ4n) is 11.7. The van der Waals surface area contributed by atoms with Crippen molar-refractivity contribution >= 4 is 39.5 Å². The van der Waals surface area contributed by atoms with E-state index in [1.54, 1.807) is 0 Å². The summed E-state index contributed by atoms with van der Waals surface area (Å²) in [6.07, 6.45) is 51.5. The van der Waals surface area contributed by atoms with E-state index in [4.69, 9.17) is 37.0 Å². The molecule has 0 aliphatic rings. The van der Waals surface area contributed by atoms with E-state index in [1.165, 1.54) is 186 Å². The molecule has 0 bridgehead atoms. The maximum Gasteiger partial charge on any atom is 0.472 e. The van der Waals surface area contributed by atoms with Crippen molar-refractivity contribution in [2.75, 3.05) is 39.6 Å². The fourth-order valence-corrected chi connectivity index (χ4v) is 13.2. The summed E-state index contributed by atoms with van der Waals surface area (Å²) in [4.78, 5) is 72.8. The Labute approximate surface area is 588 Å². The maximum absolute atomic E-state index is 13.1. The molecule has 19 heteroatoms. The lowest BCUT2D eigenvalue weighted by Crippen LogP contribution is -2.30. The minimum Gasteiger partial charge on any atom is -0.462 e. The summed E-state index contributed by atoms with van der Waals surface area (Å²) in [6, 6.07) is 0. The lowest BCUT2D eigenvalue weighted by atomic mass is 9.99. The zero-order chi connectivity index (χ0) is 71.0. The Kier molecular flexibility index (Phi) is 65.0. The van der Waals surface area contributed by atoms with Gasteiger partial charge in [0.2, 0.25) is 0 Å². The molecule has 0 rings (SSSR count). The lowest BCUT2D eigenvalue weighted by molar-refractivity contribution is -0.161. The van der Waals surface area contributed by atoms with Crippen molar-refractivity contribution < 1.29 is 80.2 Å². The van der Waals surface area contributed by atoms with Gasteiger partial charge < -0.3 is 33.8 Å². The van der Waals surface area contributed by atoms with Crippen LogP contribution in [0.3, 0.4) is 0 Å². The van der Waals surface area contributed by atoms with E-state index in [-0.39, 0.29) is 25.7 Å². The van der Waals surface area contributed by atoms with Gasteiger partial charge >= 0.3 is 39.5 Å². The molecular formula is C77H150O17P2. The molecule has 0 aliphatic heterocycles. The molecule has 0 heterocycles. The van der Waals surface area contributed by atoms with Gasteiger partial charge in [0.25, 0.3) is 0 Å². The minimum absolute atomic E-state index is 0.104. The zero-order valence-corrected chi connectivity index (χ0v) is 64.8. The van der Waals surface area contributed by atoms with E-state index in [0.29, 0.717) is 31.6 Å². The summed E-state index contributed by atoms with van der Waals surface area (Å²) < 4.78 is 68.5. The molecule has 0 fully saturated rings. The first-order chi connectivity index (χ1) is 46.2. The lowest BCUT2D eigenvalue weighted by Gasteiger charge is -2.21. The van der Waals surface area contributed by atoms with E-state index in [1.807, 2.05) is 0 Å². The zero-order valence-electron chi connectivity index (χ0n) is 63.0. The highest BCUT2D eigenvalue weighted by molar-refractivity contribution is 7.47. The van der Waals surface area contributed by atoms with Gasteiger partial charge in [-0.05, 0) is 49.4 Å². The highest BCUT2D eigenvalue weighted by Gasteiger charge is 2.30. The molecule has 0 aromatic rings. The molecule has 570 valence electrons. The Bertz CT molecular complexity index is 1890. The number of carbonyl (C=O) groups is 4. The topological polar surface area (TPSA) is 237 Å². The molecule has 96 heavy (non-hydrogen) atoms. The molecule has 0 spiro atoms. The van der Waals surface area contributed by atoms with Crippen LogP contribution in [0.5, 0.6) is 0 Å². The van der Waals surface area contributed by atoms with E-state index in [2.05, 4.69) is 55.4 Å². The van der Waals surface area contributed by atoms with Gasteiger partial charge in [-0.15, -0.1) is 0 Å². The first-order valence-electron chi connectivity index (χ1n) is 39.8. The van der Waals surface area contributed by atoms with Gasteiger partial charge in [0.1, 0.15) is 19.3 Å². The van der Waals surface area contributed by atoms with Crippen molar-refractivity contribution in [3.63, 3.8) is 0 Å². The molecule has 0 amide bonds. The molecule has 0 aromatic carbocycles. The Morgan fingerprint density at radius 3 is 0.740 bits per heavy atom. The van der Waals surface area contributed by atoms with Gasteiger partial charge in [-0.3, -0.25) is 37.3 Å². The largest absolute Gasteiger partial charge is 0.472 e. The number of ether oxygens (including phenoxy) is 4. The summed E-state index contributed by atoms with van der Waals surface area (Å²) in [5.74, 6) is 0.961. The Hall–Kier alpha value is -1.94. The molecule has 0 aliphatic carbocycles. The quantitative estimate of drug-likeness (QED) is 0.0222. The first kappa shape index (κ1) is 94.1. The normalized spacial score (nSPS) is 14.7. The third-order valence-electron chi connectivity index (χ3n) is 18.5. The van der Waals surface area contributed by atoms with Gasteiger partial charge in [0.15, 0.2) is 12.2 Å². The molecule has 7 atom stereocenters. The Morgan fingerprint density at radius 2 is 0.500 bits per heavy atom. The van der Waals surface area contributed by atoms with Crippen LogP contribution < -0.4 is 0 Å². The number of hydrogen-bond donors (Lipinski definition) is 3. The maximum atomic E-state index is 13.1. The van der Waals surface area contributed by atoms with Crippen LogP contribution in [0, 0.1) is 23.7 Å². The molecule has 0 saturated carbocycles. The van der Waals surface area contributed by atoms with Crippen molar-refractivity contribution in [3.05, 3.63) is 0 Å². The van der Waals surface area contributed by atoms with Crippen molar-refractivity contribution in [2.45, 2.75) is 408 Å². The van der Waals surface area contributed by atoms with Crippen molar-refractivity contribution in [3.8, 4) is 0 Å². The van der Waals surface area contributed by atoms with Gasteiger partial charge in [-0.25, -0.2) is 9.13 Å². The number of carbonyl (C=O) groups excluding carboxylic acids is 4. The summed E-state index contributed by atoms with van der Waals surface area (Å²) >= 11 is 0. The number of esters is 4. The number of aliphatic hydroxyl groups excluding tert-OH is 1. The SMILES string of the molecule is CCC(C)CCCCCCCCCCCCCCCCCCCCC(=O)OC[C@H](COP(=O)(O)OCC(O)COP(=O)(O)OC[C@@H](COC(=O)CCCCCCCCCC(C)C)OC(=O)CCCCCCCCCCCC(C)C)OC(=O)CCCCCCCCCCC(C)CC. The van der Waals surface area contributed by atoms with Crippen LogP contribution in [0.1, 0.15) is 389 Å². The molecule has 0 saturated heterocycles. The molecule has 17 nitrogen and oxygen atoms in total. The number of phosphoric acid groups is 2. The predicted molar refractivity (Wildman–Crippen MR) is 391 cm³/mol. The number of hydrogen-bond acceptors (Lipinski definition) is 15. The molecular weight excluding hydrogens is 1260 g/mol. The molecule has 5 unspecified atom stereocenters. The second kappa shape index (κ2) is 66.3. The number of rotatable bonds is 74. The van der Waals surface area contributed by atoms with Gasteiger partial charge in [-0.1, -0.05) is 338 Å². The van der Waals surface area contributed by atoms with Crippen LogP contribution in [-0.4, -0.2) is 96.7 Å². The number of unbranched alkanes of at least 4 members (excludes halogenated alkanes) is 38. The van der Waals surface area contributed by atoms with Crippen LogP contribution in [0.2, 0.25) is 0 Å². The fraction of sp³-hybridized carbons (Fsp3) is 0.948. The van der Waals surface area contributed by atoms with Crippen LogP contribution >= 0.6 is 15.6 Å². The second-order valence-electron chi connectivity index (χ2n) is 29.2. The average molecular weight is 1410 g/mol. The summed E-state index contributed by atoms with van der Waals surface area (Å²) in [5.41, 5.74) is 0. The third kappa shape index (κ3) is 67.9.